The van der Waals surface area contributed by atoms with Crippen molar-refractivity contribution in [2.24, 2.45) is 5.41 Å². The van der Waals surface area contributed by atoms with Gasteiger partial charge in [-0.1, -0.05) is 31.2 Å². The van der Waals surface area contributed by atoms with Gasteiger partial charge in [-0.05, 0) is 45.2 Å². The third kappa shape index (κ3) is 6.17. The number of carbonyl (C=O) groups is 1. The van der Waals surface area contributed by atoms with Gasteiger partial charge in [-0.2, -0.15) is 0 Å². The van der Waals surface area contributed by atoms with Crippen LogP contribution in [0, 0.1) is 12.3 Å². The monoisotopic (exact) mass is 293 g/mol. The molecule has 0 bridgehead atoms. The van der Waals surface area contributed by atoms with E-state index in [4.69, 9.17) is 4.74 Å². The van der Waals surface area contributed by atoms with Crippen molar-refractivity contribution in [2.45, 2.75) is 46.6 Å². The molecule has 1 unspecified atom stereocenters. The molecule has 0 aliphatic heterocycles. The fourth-order valence-corrected chi connectivity index (χ4v) is 2.04. The molecular formula is C17H27NO3. The predicted octanol–water partition coefficient (Wildman–Crippen LogP) is 3.06. The summed E-state index contributed by atoms with van der Waals surface area (Å²) in [5.41, 5.74) is 1.44. The van der Waals surface area contributed by atoms with E-state index in [0.29, 0.717) is 13.0 Å². The first-order valence-corrected chi connectivity index (χ1v) is 7.27. The molecule has 0 aliphatic carbocycles. The largest absolute Gasteiger partial charge is 0.444 e. The molecule has 0 heterocycles. The molecule has 1 amide bonds. The Bertz CT molecular complexity index is 479. The molecule has 2 N–H and O–H groups in total. The molecule has 0 saturated heterocycles. The van der Waals surface area contributed by atoms with Gasteiger partial charge in [0.2, 0.25) is 0 Å². The lowest BCUT2D eigenvalue weighted by Gasteiger charge is -2.29. The van der Waals surface area contributed by atoms with Crippen LogP contribution in [0.2, 0.25) is 0 Å². The Morgan fingerprint density at radius 1 is 1.24 bits per heavy atom. The van der Waals surface area contributed by atoms with Gasteiger partial charge >= 0.3 is 6.09 Å². The van der Waals surface area contributed by atoms with Crippen molar-refractivity contribution >= 4 is 6.09 Å². The van der Waals surface area contributed by atoms with Gasteiger partial charge < -0.3 is 15.2 Å². The second kappa shape index (κ2) is 6.94. The summed E-state index contributed by atoms with van der Waals surface area (Å²) in [5, 5.41) is 12.4. The highest BCUT2D eigenvalue weighted by Gasteiger charge is 2.26. The summed E-state index contributed by atoms with van der Waals surface area (Å²) in [6, 6.07) is 8.08. The van der Waals surface area contributed by atoms with Crippen LogP contribution >= 0.6 is 0 Å². The first-order chi connectivity index (χ1) is 9.65. The van der Waals surface area contributed by atoms with E-state index in [2.05, 4.69) is 24.4 Å². The topological polar surface area (TPSA) is 58.6 Å². The molecule has 1 aromatic rings. The molecule has 1 atom stereocenters. The Morgan fingerprint density at radius 2 is 1.86 bits per heavy atom. The first kappa shape index (κ1) is 17.5. The van der Waals surface area contributed by atoms with E-state index in [1.54, 1.807) is 0 Å². The number of benzene rings is 1. The summed E-state index contributed by atoms with van der Waals surface area (Å²) >= 11 is 0. The molecule has 0 aliphatic rings. The Balaban J connectivity index is 2.64. The minimum absolute atomic E-state index is 0.00285. The number of aliphatic hydroxyl groups excluding tert-OH is 1. The molecular weight excluding hydrogens is 266 g/mol. The lowest BCUT2D eigenvalue weighted by molar-refractivity contribution is 0.0478. The molecule has 0 radical (unpaired) electrons. The molecule has 0 aromatic heterocycles. The van der Waals surface area contributed by atoms with E-state index in [0.717, 1.165) is 0 Å². The fourth-order valence-electron chi connectivity index (χ4n) is 2.04. The minimum atomic E-state index is -0.518. The maximum absolute atomic E-state index is 11.7. The normalized spacial score (nSPS) is 14.4. The molecule has 1 rings (SSSR count). The van der Waals surface area contributed by atoms with Crippen molar-refractivity contribution in [3.8, 4) is 0 Å². The number of alkyl carbamates (subject to hydrolysis) is 1. The summed E-state index contributed by atoms with van der Waals surface area (Å²) in [6.45, 7) is 9.84. The summed E-state index contributed by atoms with van der Waals surface area (Å²) in [4.78, 5) is 11.7. The summed E-state index contributed by atoms with van der Waals surface area (Å²) in [5.74, 6) is 0. The van der Waals surface area contributed by atoms with Crippen LogP contribution in [-0.2, 0) is 11.2 Å². The molecule has 21 heavy (non-hydrogen) atoms. The van der Waals surface area contributed by atoms with Crippen molar-refractivity contribution in [3.05, 3.63) is 35.4 Å². The number of nitrogens with one attached hydrogen (secondary N) is 1. The van der Waals surface area contributed by atoms with Gasteiger partial charge in [-0.3, -0.25) is 0 Å². The maximum atomic E-state index is 11.7. The van der Waals surface area contributed by atoms with Crippen molar-refractivity contribution in [3.63, 3.8) is 0 Å². The van der Waals surface area contributed by atoms with Gasteiger partial charge in [0.1, 0.15) is 5.60 Å². The average Bonchev–Trinajstić information content (AvgIpc) is 2.37. The lowest BCUT2D eigenvalue weighted by Crippen LogP contribution is -2.41. The van der Waals surface area contributed by atoms with Gasteiger partial charge in [0, 0.05) is 12.0 Å². The van der Waals surface area contributed by atoms with E-state index in [9.17, 15) is 9.90 Å². The van der Waals surface area contributed by atoms with Gasteiger partial charge in [0.15, 0.2) is 0 Å². The van der Waals surface area contributed by atoms with Crippen LogP contribution in [0.4, 0.5) is 4.79 Å². The van der Waals surface area contributed by atoms with Gasteiger partial charge in [0.05, 0.1) is 6.61 Å². The molecule has 0 saturated carbocycles. The molecule has 4 heteroatoms. The Labute approximate surface area is 127 Å². The number of rotatable bonds is 5. The first-order valence-electron chi connectivity index (χ1n) is 7.27. The number of aliphatic hydroxyl groups is 1. The summed E-state index contributed by atoms with van der Waals surface area (Å²) in [6.07, 6.45) is 0.248. The Hall–Kier alpha value is -1.55. The SMILES string of the molecule is Cc1ccccc1CC(C)(CO)CNC(=O)OC(C)(C)C. The van der Waals surface area contributed by atoms with E-state index in [1.807, 2.05) is 39.8 Å². The van der Waals surface area contributed by atoms with E-state index < -0.39 is 17.1 Å². The number of amides is 1. The molecule has 118 valence electrons. The quantitative estimate of drug-likeness (QED) is 0.877. The zero-order valence-corrected chi connectivity index (χ0v) is 13.7. The van der Waals surface area contributed by atoms with Gasteiger partial charge in [0.25, 0.3) is 0 Å². The summed E-state index contributed by atoms with van der Waals surface area (Å²) < 4.78 is 5.22. The highest BCUT2D eigenvalue weighted by Crippen LogP contribution is 2.23. The second-order valence-corrected chi connectivity index (χ2v) is 6.93. The number of hydrogen-bond donors (Lipinski definition) is 2. The maximum Gasteiger partial charge on any atom is 0.407 e. The summed E-state index contributed by atoms with van der Waals surface area (Å²) in [7, 11) is 0. The van der Waals surface area contributed by atoms with E-state index in [1.165, 1.54) is 11.1 Å². The van der Waals surface area contributed by atoms with Crippen molar-refractivity contribution in [1.29, 1.82) is 0 Å². The third-order valence-electron chi connectivity index (χ3n) is 3.32. The minimum Gasteiger partial charge on any atom is -0.444 e. The van der Waals surface area contributed by atoms with E-state index >= 15 is 0 Å². The number of carbonyl (C=O) groups excluding carboxylic acids is 1. The number of aryl methyl sites for hydroxylation is 1. The van der Waals surface area contributed by atoms with Crippen molar-refractivity contribution in [2.75, 3.05) is 13.2 Å². The fraction of sp³-hybridized carbons (Fsp3) is 0.588. The van der Waals surface area contributed by atoms with Crippen LogP contribution in [0.3, 0.4) is 0 Å². The Morgan fingerprint density at radius 3 is 2.38 bits per heavy atom. The predicted molar refractivity (Wildman–Crippen MR) is 84.3 cm³/mol. The Kier molecular flexibility index (Phi) is 5.78. The van der Waals surface area contributed by atoms with Crippen LogP contribution < -0.4 is 5.32 Å². The van der Waals surface area contributed by atoms with Crippen LogP contribution in [0.1, 0.15) is 38.8 Å². The van der Waals surface area contributed by atoms with Gasteiger partial charge in [-0.25, -0.2) is 4.79 Å². The van der Waals surface area contributed by atoms with Crippen LogP contribution in [0.25, 0.3) is 0 Å². The average molecular weight is 293 g/mol. The molecule has 0 fully saturated rings. The molecule has 1 aromatic carbocycles. The zero-order chi connectivity index (χ0) is 16.1. The second-order valence-electron chi connectivity index (χ2n) is 6.93. The lowest BCUT2D eigenvalue weighted by atomic mass is 9.83. The smallest absolute Gasteiger partial charge is 0.407 e. The van der Waals surface area contributed by atoms with E-state index in [-0.39, 0.29) is 6.61 Å². The number of ether oxygens (including phenoxy) is 1. The standard InChI is InChI=1S/C17H27NO3/c1-13-8-6-7-9-14(13)10-17(5,12-19)11-18-15(20)21-16(2,3)4/h6-9,19H,10-12H2,1-5H3,(H,18,20). The van der Waals surface area contributed by atoms with Crippen LogP contribution in [0.15, 0.2) is 24.3 Å². The molecule has 0 spiro atoms. The van der Waals surface area contributed by atoms with Crippen molar-refractivity contribution < 1.29 is 14.6 Å². The third-order valence-corrected chi connectivity index (χ3v) is 3.32. The molecule has 4 nitrogen and oxygen atoms in total. The highest BCUT2D eigenvalue weighted by atomic mass is 16.6. The highest BCUT2D eigenvalue weighted by molar-refractivity contribution is 5.67. The van der Waals surface area contributed by atoms with Crippen LogP contribution in [-0.4, -0.2) is 30.0 Å². The van der Waals surface area contributed by atoms with Crippen molar-refractivity contribution in [1.82, 2.24) is 5.32 Å². The zero-order valence-electron chi connectivity index (χ0n) is 13.7. The van der Waals surface area contributed by atoms with Gasteiger partial charge in [-0.15, -0.1) is 0 Å². The number of hydrogen-bond acceptors (Lipinski definition) is 3. The van der Waals surface area contributed by atoms with Crippen LogP contribution in [0.5, 0.6) is 0 Å².